The molecule has 0 saturated carbocycles. The fourth-order valence-corrected chi connectivity index (χ4v) is 3.32. The van der Waals surface area contributed by atoms with Crippen LogP contribution in [0.3, 0.4) is 0 Å². The largest absolute Gasteiger partial charge is 0.491 e. The van der Waals surface area contributed by atoms with E-state index >= 15 is 0 Å². The zero-order chi connectivity index (χ0) is 27.5. The summed E-state index contributed by atoms with van der Waals surface area (Å²) < 4.78 is 16.5. The van der Waals surface area contributed by atoms with E-state index in [1.54, 1.807) is 41.5 Å². The first-order valence-corrected chi connectivity index (χ1v) is 12.5. The summed E-state index contributed by atoms with van der Waals surface area (Å²) in [7, 11) is 0. The van der Waals surface area contributed by atoms with Gasteiger partial charge in [0.15, 0.2) is 0 Å². The van der Waals surface area contributed by atoms with Crippen LogP contribution in [0.4, 0.5) is 9.59 Å². The third kappa shape index (κ3) is 13.2. The van der Waals surface area contributed by atoms with E-state index in [1.165, 1.54) is 0 Å². The van der Waals surface area contributed by atoms with Crippen LogP contribution in [0, 0.1) is 13.8 Å². The van der Waals surface area contributed by atoms with Crippen LogP contribution in [0.15, 0.2) is 18.2 Å². The predicted molar refractivity (Wildman–Crippen MR) is 140 cm³/mol. The molecule has 2 atom stereocenters. The van der Waals surface area contributed by atoms with Crippen molar-refractivity contribution >= 4 is 18.1 Å². The monoisotopic (exact) mass is 507 g/mol. The molecule has 0 spiro atoms. The summed E-state index contributed by atoms with van der Waals surface area (Å²) in [4.78, 5) is 37.1. The zero-order valence-electron chi connectivity index (χ0n) is 23.4. The van der Waals surface area contributed by atoms with Crippen molar-refractivity contribution in [2.24, 2.45) is 0 Å². The van der Waals surface area contributed by atoms with Crippen LogP contribution in [-0.2, 0) is 14.3 Å². The Morgan fingerprint density at radius 2 is 1.42 bits per heavy atom. The van der Waals surface area contributed by atoms with Crippen LogP contribution in [-0.4, -0.2) is 54.5 Å². The topological polar surface area (TPSA) is 115 Å². The molecule has 0 heterocycles. The number of para-hydroxylation sites is 1. The van der Waals surface area contributed by atoms with Gasteiger partial charge in [0, 0.05) is 6.54 Å². The molecule has 0 fully saturated rings. The number of alkyl carbamates (subject to hydrolysis) is 2. The van der Waals surface area contributed by atoms with Crippen molar-refractivity contribution in [1.82, 2.24) is 16.0 Å². The van der Waals surface area contributed by atoms with Crippen molar-refractivity contribution in [3.05, 3.63) is 29.3 Å². The normalized spacial score (nSPS) is 13.2. The lowest BCUT2D eigenvalue weighted by atomic mass is 10.1. The number of unbranched alkanes of at least 4 members (excludes halogenated alkanes) is 1. The Morgan fingerprint density at radius 3 is 1.97 bits per heavy atom. The molecule has 1 aromatic rings. The van der Waals surface area contributed by atoms with Crippen molar-refractivity contribution in [2.75, 3.05) is 13.2 Å². The maximum absolute atomic E-state index is 13.0. The van der Waals surface area contributed by atoms with Crippen molar-refractivity contribution in [3.8, 4) is 5.75 Å². The molecule has 204 valence electrons. The fourth-order valence-electron chi connectivity index (χ4n) is 3.32. The van der Waals surface area contributed by atoms with Crippen molar-refractivity contribution < 1.29 is 28.6 Å². The van der Waals surface area contributed by atoms with Gasteiger partial charge in [-0.2, -0.15) is 0 Å². The highest BCUT2D eigenvalue weighted by Crippen LogP contribution is 2.22. The van der Waals surface area contributed by atoms with Gasteiger partial charge in [-0.15, -0.1) is 0 Å². The minimum Gasteiger partial charge on any atom is -0.491 e. The number of ether oxygens (including phenoxy) is 3. The SMILES string of the molecule is Cc1cccc(C)c1OCC(C)NC(=O)[C@H](CCCCNC(=O)OC(C)(C)C)NC(=O)OC(C)(C)C. The highest BCUT2D eigenvalue weighted by Gasteiger charge is 2.25. The quantitative estimate of drug-likeness (QED) is 0.372. The summed E-state index contributed by atoms with van der Waals surface area (Å²) in [5, 5.41) is 8.29. The van der Waals surface area contributed by atoms with Gasteiger partial charge in [-0.25, -0.2) is 9.59 Å². The van der Waals surface area contributed by atoms with Gasteiger partial charge in [0.2, 0.25) is 5.91 Å². The number of hydrogen-bond acceptors (Lipinski definition) is 6. The Hall–Kier alpha value is -2.97. The third-order valence-electron chi connectivity index (χ3n) is 4.87. The molecule has 3 amide bonds. The molecular weight excluding hydrogens is 462 g/mol. The number of carbonyl (C=O) groups is 3. The van der Waals surface area contributed by atoms with Crippen molar-refractivity contribution in [1.29, 1.82) is 0 Å². The van der Waals surface area contributed by atoms with Gasteiger partial charge < -0.3 is 30.2 Å². The molecular formula is C27H45N3O6. The lowest BCUT2D eigenvalue weighted by Gasteiger charge is -2.25. The van der Waals surface area contributed by atoms with Crippen LogP contribution >= 0.6 is 0 Å². The van der Waals surface area contributed by atoms with E-state index in [2.05, 4.69) is 16.0 Å². The molecule has 0 bridgehead atoms. The van der Waals surface area contributed by atoms with E-state index in [4.69, 9.17) is 14.2 Å². The lowest BCUT2D eigenvalue weighted by molar-refractivity contribution is -0.124. The molecule has 0 aliphatic rings. The number of aryl methyl sites for hydroxylation is 2. The first-order valence-electron chi connectivity index (χ1n) is 12.5. The fraction of sp³-hybridized carbons (Fsp3) is 0.667. The summed E-state index contributed by atoms with van der Waals surface area (Å²) >= 11 is 0. The van der Waals surface area contributed by atoms with Crippen LogP contribution in [0.2, 0.25) is 0 Å². The molecule has 0 aliphatic carbocycles. The minimum atomic E-state index is -0.788. The Balaban J connectivity index is 2.65. The zero-order valence-corrected chi connectivity index (χ0v) is 23.4. The Labute approximate surface area is 216 Å². The second kappa shape index (κ2) is 13.9. The highest BCUT2D eigenvalue weighted by atomic mass is 16.6. The molecule has 1 rings (SSSR count). The first kappa shape index (κ1) is 31.1. The predicted octanol–water partition coefficient (Wildman–Crippen LogP) is 4.78. The summed E-state index contributed by atoms with van der Waals surface area (Å²) in [5.74, 6) is 0.484. The summed E-state index contributed by atoms with van der Waals surface area (Å²) in [5.41, 5.74) is 0.800. The maximum atomic E-state index is 13.0. The van der Waals surface area contributed by atoms with E-state index in [0.717, 1.165) is 16.9 Å². The van der Waals surface area contributed by atoms with Crippen LogP contribution in [0.5, 0.6) is 5.75 Å². The molecule has 3 N–H and O–H groups in total. The van der Waals surface area contributed by atoms with Crippen LogP contribution in [0.1, 0.15) is 78.9 Å². The van der Waals surface area contributed by atoms with E-state index in [-0.39, 0.29) is 18.6 Å². The second-order valence-corrected chi connectivity index (χ2v) is 11.1. The number of rotatable bonds is 11. The molecule has 0 saturated heterocycles. The number of amides is 3. The highest BCUT2D eigenvalue weighted by molar-refractivity contribution is 5.85. The van der Waals surface area contributed by atoms with E-state index in [1.807, 2.05) is 39.0 Å². The van der Waals surface area contributed by atoms with E-state index < -0.39 is 29.4 Å². The van der Waals surface area contributed by atoms with Gasteiger partial charge in [-0.3, -0.25) is 4.79 Å². The number of benzene rings is 1. The Kier molecular flexibility index (Phi) is 12.0. The van der Waals surface area contributed by atoms with Gasteiger partial charge in [0.05, 0.1) is 6.04 Å². The summed E-state index contributed by atoms with van der Waals surface area (Å²) in [6.07, 6.45) is 0.447. The van der Waals surface area contributed by atoms with Crippen molar-refractivity contribution in [2.45, 2.75) is 105 Å². The molecule has 9 heteroatoms. The molecule has 36 heavy (non-hydrogen) atoms. The van der Waals surface area contributed by atoms with Gasteiger partial charge >= 0.3 is 12.2 Å². The molecule has 1 aromatic carbocycles. The summed E-state index contributed by atoms with van der Waals surface area (Å²) in [6.45, 7) is 17.2. The molecule has 0 aromatic heterocycles. The Morgan fingerprint density at radius 1 is 0.861 bits per heavy atom. The van der Waals surface area contributed by atoms with Gasteiger partial charge in [-0.1, -0.05) is 18.2 Å². The molecule has 9 nitrogen and oxygen atoms in total. The van der Waals surface area contributed by atoms with Gasteiger partial charge in [-0.05, 0) is 92.7 Å². The molecule has 0 aliphatic heterocycles. The minimum absolute atomic E-state index is 0.284. The number of hydrogen-bond donors (Lipinski definition) is 3. The number of carbonyl (C=O) groups excluding carboxylic acids is 3. The number of nitrogens with one attached hydrogen (secondary N) is 3. The standard InChI is InChI=1S/C27H45N3O6/c1-18-13-12-14-19(2)22(18)34-17-20(3)29-23(31)21(30-25(33)36-27(7,8)9)15-10-11-16-28-24(32)35-26(4,5)6/h12-14,20-21H,10-11,15-17H2,1-9H3,(H,28,32)(H,29,31)(H,30,33)/t20?,21-/m0/s1. The second-order valence-electron chi connectivity index (χ2n) is 11.1. The van der Waals surface area contributed by atoms with Crippen LogP contribution < -0.4 is 20.7 Å². The van der Waals surface area contributed by atoms with Crippen LogP contribution in [0.25, 0.3) is 0 Å². The average molecular weight is 508 g/mol. The molecule has 1 unspecified atom stereocenters. The summed E-state index contributed by atoms with van der Waals surface area (Å²) in [6, 6.07) is 4.85. The third-order valence-corrected chi connectivity index (χ3v) is 4.87. The molecule has 0 radical (unpaired) electrons. The average Bonchev–Trinajstić information content (AvgIpc) is 2.69. The lowest BCUT2D eigenvalue weighted by Crippen LogP contribution is -2.51. The maximum Gasteiger partial charge on any atom is 0.408 e. The first-order chi connectivity index (χ1) is 16.6. The van der Waals surface area contributed by atoms with Gasteiger partial charge in [0.1, 0.15) is 29.6 Å². The Bertz CT molecular complexity index is 853. The van der Waals surface area contributed by atoms with E-state index in [9.17, 15) is 14.4 Å². The van der Waals surface area contributed by atoms with E-state index in [0.29, 0.717) is 25.8 Å². The van der Waals surface area contributed by atoms with Crippen molar-refractivity contribution in [3.63, 3.8) is 0 Å². The van der Waals surface area contributed by atoms with Gasteiger partial charge in [0.25, 0.3) is 0 Å². The smallest absolute Gasteiger partial charge is 0.408 e.